The van der Waals surface area contributed by atoms with E-state index in [1.165, 1.54) is 116 Å². The van der Waals surface area contributed by atoms with Crippen molar-refractivity contribution in [2.45, 2.75) is 39.2 Å². The lowest BCUT2D eigenvalue weighted by Gasteiger charge is -2.37. The van der Waals surface area contributed by atoms with Crippen molar-refractivity contribution in [2.24, 2.45) is 0 Å². The van der Waals surface area contributed by atoms with Crippen molar-refractivity contribution >= 4 is 159 Å². The molecule has 0 atom stereocenters. The molecule has 4 aliphatic rings. The summed E-state index contributed by atoms with van der Waals surface area (Å²) >= 11 is 7.76. The van der Waals surface area contributed by atoms with Crippen molar-refractivity contribution in [2.75, 3.05) is 0 Å². The topological polar surface area (TPSA) is 26.3 Å². The monoisotopic (exact) mass is 958 g/mol. The van der Waals surface area contributed by atoms with Gasteiger partial charge in [0.2, 0.25) is 13.4 Å². The number of hydrogen-bond donors (Lipinski definition) is 0. The van der Waals surface area contributed by atoms with E-state index in [4.69, 9.17) is 8.83 Å². The van der Waals surface area contributed by atoms with Gasteiger partial charge >= 0.3 is 0 Å². The third-order valence-corrected chi connectivity index (χ3v) is 19.8. The van der Waals surface area contributed by atoms with E-state index in [9.17, 15) is 0 Å². The Bertz CT molecular complexity index is 4250. The van der Waals surface area contributed by atoms with E-state index < -0.39 is 0 Å². The Morgan fingerprint density at radius 2 is 0.643 bits per heavy atom. The van der Waals surface area contributed by atoms with Crippen LogP contribution in [-0.4, -0.2) is 13.4 Å². The second-order valence-electron chi connectivity index (χ2n) is 19.1. The molecule has 322 valence electrons. The molecule has 0 fully saturated rings. The van der Waals surface area contributed by atoms with E-state index in [0.29, 0.717) is 0 Å². The van der Waals surface area contributed by atoms with Gasteiger partial charge in [0.1, 0.15) is 22.3 Å². The van der Waals surface area contributed by atoms with Crippen LogP contribution in [0.3, 0.4) is 0 Å². The summed E-state index contributed by atoms with van der Waals surface area (Å²) in [5.74, 6) is 0. The second-order valence-corrected chi connectivity index (χ2v) is 23.4. The van der Waals surface area contributed by atoms with Gasteiger partial charge in [0.25, 0.3) is 0 Å². The molecule has 17 rings (SSSR count). The standard InChI is InChI=1S/C62H32B2O2S4/c1-3-11-35-25-51-43(21-33(35)9-1)41-23-37(17-19-49(41)65-51)39-27-57-61-59(29-39)69-55-32-56-48(31-47(55)63(61)45-13-5-7-15-53(45)67-57)64-46-14-6-8-16-54(46)68-58-28-40(30-60(70-56)62(58)64)38-18-20-50-42(24-38)44-22-34-10-2-4-12-36(34)26-52(44)66-50/h1-32H. The summed E-state index contributed by atoms with van der Waals surface area (Å²) in [6.45, 7) is 0.278. The van der Waals surface area contributed by atoms with Crippen LogP contribution in [0.25, 0.3) is 87.7 Å². The first-order valence-electron chi connectivity index (χ1n) is 23.7. The first-order valence-corrected chi connectivity index (χ1v) is 27.0. The van der Waals surface area contributed by atoms with Gasteiger partial charge in [0.15, 0.2) is 0 Å². The molecule has 0 amide bonds. The SMILES string of the molecule is c1ccc2c(c1)Sc1cc(-c3ccc4oc5cc6ccccc6cc5c4c3)cc3c1B2c1cc2c(cc1S3)Sc1cc(-c3ccc4oc5cc6ccccc6cc5c4c3)cc3c1B2c1ccccc1S3. The lowest BCUT2D eigenvalue weighted by molar-refractivity contribution is 0.669. The van der Waals surface area contributed by atoms with Gasteiger partial charge in [-0.2, -0.15) is 0 Å². The highest BCUT2D eigenvalue weighted by Crippen LogP contribution is 2.46. The van der Waals surface area contributed by atoms with Gasteiger partial charge in [-0.15, -0.1) is 0 Å². The molecular formula is C62H32B2O2S4. The molecule has 70 heavy (non-hydrogen) atoms. The van der Waals surface area contributed by atoms with Crippen molar-refractivity contribution in [3.8, 4) is 22.3 Å². The summed E-state index contributed by atoms with van der Waals surface area (Å²) < 4.78 is 12.9. The first kappa shape index (κ1) is 38.9. The number of fused-ring (bicyclic) bond motifs is 16. The molecule has 13 aromatic rings. The molecule has 11 aromatic carbocycles. The largest absolute Gasteiger partial charge is 0.456 e. The maximum absolute atomic E-state index is 6.45. The zero-order valence-electron chi connectivity index (χ0n) is 37.1. The molecule has 0 N–H and O–H groups in total. The number of hydrogen-bond acceptors (Lipinski definition) is 6. The van der Waals surface area contributed by atoms with E-state index in [0.717, 1.165) is 43.9 Å². The van der Waals surface area contributed by atoms with Crippen molar-refractivity contribution in [3.63, 3.8) is 0 Å². The van der Waals surface area contributed by atoms with Gasteiger partial charge in [-0.1, -0.05) is 172 Å². The summed E-state index contributed by atoms with van der Waals surface area (Å²) in [6, 6.07) is 72.7. The molecule has 0 saturated carbocycles. The number of furan rings is 2. The molecule has 2 nitrogen and oxygen atoms in total. The van der Waals surface area contributed by atoms with E-state index >= 15 is 0 Å². The Kier molecular flexibility index (Phi) is 7.96. The Morgan fingerprint density at radius 1 is 0.257 bits per heavy atom. The van der Waals surface area contributed by atoms with Crippen LogP contribution in [-0.2, 0) is 0 Å². The van der Waals surface area contributed by atoms with Gasteiger partial charge in [0.05, 0.1) is 0 Å². The molecule has 0 saturated heterocycles. The fourth-order valence-corrected chi connectivity index (χ4v) is 17.1. The van der Waals surface area contributed by atoms with Crippen molar-refractivity contribution in [1.29, 1.82) is 0 Å². The molecule has 0 spiro atoms. The number of benzene rings is 11. The van der Waals surface area contributed by atoms with Crippen LogP contribution in [0.1, 0.15) is 0 Å². The molecule has 4 aliphatic heterocycles. The minimum absolute atomic E-state index is 0.139. The van der Waals surface area contributed by atoms with E-state index in [1.807, 2.05) is 47.0 Å². The van der Waals surface area contributed by atoms with E-state index in [2.05, 4.69) is 194 Å². The lowest BCUT2D eigenvalue weighted by Crippen LogP contribution is -2.62. The highest BCUT2D eigenvalue weighted by Gasteiger charge is 2.43. The van der Waals surface area contributed by atoms with Gasteiger partial charge in [-0.05, 0) is 146 Å². The zero-order valence-corrected chi connectivity index (χ0v) is 40.3. The average molecular weight is 959 g/mol. The predicted molar refractivity (Wildman–Crippen MR) is 298 cm³/mol. The Morgan fingerprint density at radius 3 is 1.10 bits per heavy atom. The van der Waals surface area contributed by atoms with E-state index in [1.54, 1.807) is 0 Å². The smallest absolute Gasteiger partial charge is 0.247 e. The van der Waals surface area contributed by atoms with Crippen LogP contribution in [0.5, 0.6) is 0 Å². The maximum Gasteiger partial charge on any atom is 0.247 e. The molecule has 0 aliphatic carbocycles. The highest BCUT2D eigenvalue weighted by molar-refractivity contribution is 8.02. The van der Waals surface area contributed by atoms with Crippen LogP contribution in [0, 0.1) is 0 Å². The van der Waals surface area contributed by atoms with Crippen LogP contribution in [0.15, 0.2) is 242 Å². The van der Waals surface area contributed by atoms with E-state index in [-0.39, 0.29) is 13.4 Å². The fraction of sp³-hybridized carbons (Fsp3) is 0. The Hall–Kier alpha value is -6.93. The molecule has 8 heteroatoms. The molecule has 0 unspecified atom stereocenters. The van der Waals surface area contributed by atoms with Gasteiger partial charge in [-0.3, -0.25) is 0 Å². The average Bonchev–Trinajstić information content (AvgIpc) is 3.94. The second kappa shape index (κ2) is 14.3. The van der Waals surface area contributed by atoms with Crippen LogP contribution in [0.2, 0.25) is 0 Å². The van der Waals surface area contributed by atoms with Crippen molar-refractivity contribution in [1.82, 2.24) is 0 Å². The third-order valence-electron chi connectivity index (χ3n) is 15.2. The van der Waals surface area contributed by atoms with Gasteiger partial charge < -0.3 is 8.83 Å². The summed E-state index contributed by atoms with van der Waals surface area (Å²) in [5, 5.41) is 9.46. The summed E-state index contributed by atoms with van der Waals surface area (Å²) in [5.41, 5.74) is 17.1. The number of rotatable bonds is 2. The van der Waals surface area contributed by atoms with Crippen LogP contribution < -0.4 is 32.8 Å². The maximum atomic E-state index is 6.45. The van der Waals surface area contributed by atoms with Gasteiger partial charge in [0, 0.05) is 60.7 Å². The van der Waals surface area contributed by atoms with Gasteiger partial charge in [-0.25, -0.2) is 0 Å². The minimum atomic E-state index is 0.139. The molecule has 6 heterocycles. The lowest BCUT2D eigenvalue weighted by atomic mass is 9.33. The normalized spacial score (nSPS) is 14.0. The first-order chi connectivity index (χ1) is 34.6. The molecule has 2 aromatic heterocycles. The fourth-order valence-electron chi connectivity index (χ4n) is 12.0. The summed E-state index contributed by atoms with van der Waals surface area (Å²) in [6.07, 6.45) is 0. The minimum Gasteiger partial charge on any atom is -0.456 e. The van der Waals surface area contributed by atoms with Crippen LogP contribution in [0.4, 0.5) is 0 Å². The predicted octanol–water partition coefficient (Wildman–Crippen LogP) is 14.0. The Labute approximate surface area is 420 Å². The summed E-state index contributed by atoms with van der Waals surface area (Å²) in [4.78, 5) is 10.8. The molecule has 0 bridgehead atoms. The highest BCUT2D eigenvalue weighted by atomic mass is 32.2. The summed E-state index contributed by atoms with van der Waals surface area (Å²) in [7, 11) is 0. The molecular weight excluding hydrogens is 927 g/mol. The Balaban J connectivity index is 0.817. The zero-order chi connectivity index (χ0) is 45.3. The van der Waals surface area contributed by atoms with Crippen molar-refractivity contribution < 1.29 is 8.83 Å². The molecule has 0 radical (unpaired) electrons. The third kappa shape index (κ3) is 5.56. The van der Waals surface area contributed by atoms with Crippen molar-refractivity contribution in [3.05, 3.63) is 194 Å². The quantitative estimate of drug-likeness (QED) is 0.160. The van der Waals surface area contributed by atoms with Crippen LogP contribution >= 0.6 is 47.0 Å².